The lowest BCUT2D eigenvalue weighted by atomic mass is 10.2. The number of piperazine rings is 1. The molecule has 0 atom stereocenters. The molecule has 1 amide bonds. The molecule has 3 heterocycles. The van der Waals surface area contributed by atoms with Gasteiger partial charge in [0.15, 0.2) is 0 Å². The number of aryl methyl sites for hydroxylation is 1. The molecule has 5 rings (SSSR count). The minimum Gasteiger partial charge on any atom is -0.368 e. The van der Waals surface area contributed by atoms with Crippen LogP contribution in [-0.2, 0) is 11.3 Å². The van der Waals surface area contributed by atoms with Gasteiger partial charge in [-0.3, -0.25) is 9.59 Å². The zero-order chi connectivity index (χ0) is 22.1. The Balaban J connectivity index is 1.23. The molecule has 2 aromatic carbocycles. The molecule has 0 spiro atoms. The fourth-order valence-electron chi connectivity index (χ4n) is 4.56. The van der Waals surface area contributed by atoms with Gasteiger partial charge in [-0.2, -0.15) is 0 Å². The summed E-state index contributed by atoms with van der Waals surface area (Å²) in [6, 6.07) is 19.5. The van der Waals surface area contributed by atoms with Crippen molar-refractivity contribution in [1.82, 2.24) is 13.9 Å². The van der Waals surface area contributed by atoms with Gasteiger partial charge in [0.1, 0.15) is 5.52 Å². The monoisotopic (exact) mass is 448 g/mol. The highest BCUT2D eigenvalue weighted by molar-refractivity contribution is 6.30. The van der Waals surface area contributed by atoms with Crippen LogP contribution in [0.2, 0.25) is 5.02 Å². The maximum Gasteiger partial charge on any atom is 0.275 e. The number of anilines is 1. The van der Waals surface area contributed by atoms with E-state index in [1.807, 2.05) is 76.2 Å². The van der Waals surface area contributed by atoms with E-state index in [-0.39, 0.29) is 11.5 Å². The van der Waals surface area contributed by atoms with Crippen molar-refractivity contribution >= 4 is 39.7 Å². The number of aromatic nitrogens is 2. The second kappa shape index (κ2) is 8.71. The number of nitrogens with zero attached hydrogens (tertiary/aromatic N) is 4. The first-order chi connectivity index (χ1) is 15.6. The summed E-state index contributed by atoms with van der Waals surface area (Å²) >= 11 is 6.11. The van der Waals surface area contributed by atoms with Crippen LogP contribution in [0.4, 0.5) is 5.69 Å². The third-order valence-electron chi connectivity index (χ3n) is 6.22. The third kappa shape index (κ3) is 3.86. The Hall–Kier alpha value is -3.25. The molecule has 0 aliphatic carbocycles. The first kappa shape index (κ1) is 20.6. The van der Waals surface area contributed by atoms with Crippen LogP contribution in [0, 0.1) is 0 Å². The molecule has 0 unspecified atom stereocenters. The molecule has 0 radical (unpaired) electrons. The molecule has 2 aromatic heterocycles. The van der Waals surface area contributed by atoms with Crippen molar-refractivity contribution in [2.45, 2.75) is 19.4 Å². The molecule has 164 valence electrons. The summed E-state index contributed by atoms with van der Waals surface area (Å²) in [5, 5.41) is 0.724. The first-order valence-electron chi connectivity index (χ1n) is 11.0. The van der Waals surface area contributed by atoms with Crippen LogP contribution in [0.1, 0.15) is 12.8 Å². The second-order valence-corrected chi connectivity index (χ2v) is 8.60. The summed E-state index contributed by atoms with van der Waals surface area (Å²) < 4.78 is 3.73. The lowest BCUT2D eigenvalue weighted by Crippen LogP contribution is -2.48. The van der Waals surface area contributed by atoms with E-state index in [0.717, 1.165) is 34.8 Å². The Kier molecular flexibility index (Phi) is 5.62. The number of para-hydroxylation sites is 2. The van der Waals surface area contributed by atoms with E-state index in [1.165, 1.54) is 0 Å². The van der Waals surface area contributed by atoms with Crippen molar-refractivity contribution in [2.75, 3.05) is 31.1 Å². The number of rotatable bonds is 5. The molecule has 1 aliphatic rings. The maximum absolute atomic E-state index is 13.0. The van der Waals surface area contributed by atoms with Gasteiger partial charge in [-0.1, -0.05) is 29.8 Å². The molecular weight excluding hydrogens is 424 g/mol. The van der Waals surface area contributed by atoms with Crippen LogP contribution < -0.4 is 10.5 Å². The largest absolute Gasteiger partial charge is 0.368 e. The van der Waals surface area contributed by atoms with Gasteiger partial charge < -0.3 is 18.8 Å². The minimum atomic E-state index is -0.0173. The van der Waals surface area contributed by atoms with Crippen molar-refractivity contribution in [1.29, 1.82) is 0 Å². The number of hydrogen-bond acceptors (Lipinski definition) is 3. The van der Waals surface area contributed by atoms with Crippen molar-refractivity contribution in [3.63, 3.8) is 0 Å². The van der Waals surface area contributed by atoms with Gasteiger partial charge in [0.05, 0.1) is 11.0 Å². The number of halogens is 1. The highest BCUT2D eigenvalue weighted by Crippen LogP contribution is 2.21. The quantitative estimate of drug-likeness (QED) is 0.463. The zero-order valence-corrected chi connectivity index (χ0v) is 18.5. The Bertz CT molecular complexity index is 1330. The summed E-state index contributed by atoms with van der Waals surface area (Å²) in [5.74, 6) is 0.150. The lowest BCUT2D eigenvalue weighted by molar-refractivity contribution is -0.131. The van der Waals surface area contributed by atoms with Crippen LogP contribution in [-0.4, -0.2) is 46.0 Å². The SMILES string of the molecule is O=C(CCCn1c(=O)c2cccn2c2ccccc21)N1CCN(c2cccc(Cl)c2)CC1. The standard InChI is InChI=1S/C25H25ClN4O2/c26-19-6-3-7-20(18-19)27-14-16-28(17-15-27)24(31)11-5-13-30-22-9-2-1-8-21(22)29-12-4-10-23(29)25(30)32/h1-4,6-10,12,18H,5,11,13-17H2. The predicted molar refractivity (Wildman–Crippen MR) is 129 cm³/mol. The molecule has 0 saturated carbocycles. The fraction of sp³-hybridized carbons (Fsp3) is 0.280. The van der Waals surface area contributed by atoms with Crippen molar-refractivity contribution in [2.24, 2.45) is 0 Å². The zero-order valence-electron chi connectivity index (χ0n) is 17.8. The van der Waals surface area contributed by atoms with Crippen LogP contribution in [0.15, 0.2) is 71.7 Å². The van der Waals surface area contributed by atoms with Crippen LogP contribution in [0.5, 0.6) is 0 Å². The lowest BCUT2D eigenvalue weighted by Gasteiger charge is -2.36. The predicted octanol–water partition coefficient (Wildman–Crippen LogP) is 4.04. The van der Waals surface area contributed by atoms with E-state index in [9.17, 15) is 9.59 Å². The van der Waals surface area contributed by atoms with Crippen molar-refractivity contribution in [3.05, 3.63) is 82.2 Å². The minimum absolute atomic E-state index is 0.0173. The highest BCUT2D eigenvalue weighted by Gasteiger charge is 2.21. The van der Waals surface area contributed by atoms with Gasteiger partial charge in [-0.15, -0.1) is 0 Å². The van der Waals surface area contributed by atoms with E-state index in [1.54, 1.807) is 4.57 Å². The van der Waals surface area contributed by atoms with Crippen molar-refractivity contribution in [3.8, 4) is 0 Å². The molecule has 0 N–H and O–H groups in total. The fourth-order valence-corrected chi connectivity index (χ4v) is 4.75. The van der Waals surface area contributed by atoms with Gasteiger partial charge in [0.2, 0.25) is 5.91 Å². The molecule has 6 nitrogen and oxygen atoms in total. The average molecular weight is 449 g/mol. The Morgan fingerprint density at radius 1 is 0.875 bits per heavy atom. The van der Waals surface area contributed by atoms with E-state index in [2.05, 4.69) is 4.90 Å². The summed E-state index contributed by atoms with van der Waals surface area (Å²) in [7, 11) is 0. The summed E-state index contributed by atoms with van der Waals surface area (Å²) in [6.45, 7) is 3.51. The normalized spacial score (nSPS) is 14.4. The Morgan fingerprint density at radius 2 is 1.62 bits per heavy atom. The second-order valence-electron chi connectivity index (χ2n) is 8.16. The summed E-state index contributed by atoms with van der Waals surface area (Å²) in [4.78, 5) is 30.0. The van der Waals surface area contributed by atoms with Gasteiger partial charge in [-0.05, 0) is 48.9 Å². The van der Waals surface area contributed by atoms with E-state index in [4.69, 9.17) is 11.6 Å². The average Bonchev–Trinajstić information content (AvgIpc) is 3.32. The Morgan fingerprint density at radius 3 is 2.41 bits per heavy atom. The van der Waals surface area contributed by atoms with E-state index >= 15 is 0 Å². The number of carbonyl (C=O) groups is 1. The molecule has 0 bridgehead atoms. The number of fused-ring (bicyclic) bond motifs is 3. The van der Waals surface area contributed by atoms with Crippen LogP contribution in [0.25, 0.3) is 16.6 Å². The van der Waals surface area contributed by atoms with Crippen LogP contribution in [0.3, 0.4) is 0 Å². The number of amides is 1. The molecule has 32 heavy (non-hydrogen) atoms. The van der Waals surface area contributed by atoms with Gasteiger partial charge >= 0.3 is 0 Å². The molecule has 1 fully saturated rings. The summed E-state index contributed by atoms with van der Waals surface area (Å²) in [6.07, 6.45) is 2.98. The molecule has 1 aliphatic heterocycles. The third-order valence-corrected chi connectivity index (χ3v) is 6.46. The Labute approximate surface area is 191 Å². The number of benzene rings is 2. The highest BCUT2D eigenvalue weighted by atomic mass is 35.5. The van der Waals surface area contributed by atoms with Gasteiger partial charge in [0.25, 0.3) is 5.56 Å². The topological polar surface area (TPSA) is 50.0 Å². The van der Waals surface area contributed by atoms with Crippen LogP contribution >= 0.6 is 11.6 Å². The van der Waals surface area contributed by atoms with E-state index < -0.39 is 0 Å². The molecular formula is C25H25ClN4O2. The van der Waals surface area contributed by atoms with E-state index in [0.29, 0.717) is 38.0 Å². The van der Waals surface area contributed by atoms with Crippen molar-refractivity contribution < 1.29 is 4.79 Å². The van der Waals surface area contributed by atoms with Gasteiger partial charge in [0, 0.05) is 56.1 Å². The maximum atomic E-state index is 13.0. The van der Waals surface area contributed by atoms with Gasteiger partial charge in [-0.25, -0.2) is 0 Å². The number of carbonyl (C=O) groups excluding carboxylic acids is 1. The molecule has 1 saturated heterocycles. The molecule has 4 aromatic rings. The first-order valence-corrected chi connectivity index (χ1v) is 11.4. The smallest absolute Gasteiger partial charge is 0.275 e. The number of hydrogen-bond donors (Lipinski definition) is 0. The summed E-state index contributed by atoms with van der Waals surface area (Å²) in [5.41, 5.74) is 3.62. The molecule has 7 heteroatoms.